The van der Waals surface area contributed by atoms with Gasteiger partial charge < -0.3 is 0 Å². The van der Waals surface area contributed by atoms with Gasteiger partial charge in [0, 0.05) is 1.37 Å². The van der Waals surface area contributed by atoms with E-state index in [9.17, 15) is 0 Å². The number of rotatable bonds is 0. The molecule has 0 unspecified atom stereocenters. The maximum atomic E-state index is 6.58. The molecule has 1 aromatic rings. The normalized spacial score (nSPS) is 9.80. The first kappa shape index (κ1) is 7.33. The zero-order valence-electron chi connectivity index (χ0n) is 7.96. The third-order valence-electron chi connectivity index (χ3n) is 0.940. The summed E-state index contributed by atoms with van der Waals surface area (Å²) in [5.41, 5.74) is 1.32. The molecule has 0 radical (unpaired) electrons. The Balaban J connectivity index is 0.000000218. The highest BCUT2D eigenvalue weighted by Crippen LogP contribution is 1.92. The molecule has 1 rings (SSSR count). The summed E-state index contributed by atoms with van der Waals surface area (Å²) in [4.78, 5) is 0. The minimum Gasteiger partial charge on any atom is -0.0656 e. The number of hydrogen-bond donors (Lipinski definition) is 0. The van der Waals surface area contributed by atoms with Crippen molar-refractivity contribution < 1.29 is 1.37 Å². The van der Waals surface area contributed by atoms with Crippen LogP contribution in [0.25, 0.3) is 0 Å². The van der Waals surface area contributed by atoms with Crippen LogP contribution in [0.15, 0.2) is 30.3 Å². The second-order valence-electron chi connectivity index (χ2n) is 2.23. The Hall–Kier alpha value is -0.780. The van der Waals surface area contributed by atoms with E-state index in [1.54, 1.807) is 0 Å². The Labute approximate surface area is 65.3 Å². The average Bonchev–Trinajstić information content (AvgIpc) is 1.87. The van der Waals surface area contributed by atoms with Gasteiger partial charge in [0.2, 0.25) is 0 Å². The lowest BCUT2D eigenvalue weighted by Crippen LogP contribution is -1.62. The van der Waals surface area contributed by atoms with E-state index < -0.39 is 0 Å². The van der Waals surface area contributed by atoms with Crippen LogP contribution in [0, 0.1) is 6.92 Å². The van der Waals surface area contributed by atoms with Crippen LogP contribution in [0.3, 0.4) is 0 Å². The van der Waals surface area contributed by atoms with Crippen LogP contribution < -0.4 is 0 Å². The SMILES string of the molecule is Cc1ccccc1.[3H]C(C)C. The van der Waals surface area contributed by atoms with Gasteiger partial charge in [-0.25, -0.2) is 0 Å². The molecule has 0 saturated carbocycles. The molecule has 0 heterocycles. The maximum Gasteiger partial charge on any atom is 0.0261 e. The van der Waals surface area contributed by atoms with E-state index in [0.717, 1.165) is 0 Å². The standard InChI is InChI=1S/C7H8.C3H8/c1-7-5-3-2-4-6-7;1-3-2/h2-6H,1H3;3H2,1-2H3/i;3T. The first-order chi connectivity index (χ1) is 5.13. The molecule has 0 N–H and O–H groups in total. The van der Waals surface area contributed by atoms with Crippen molar-refractivity contribution in [2.24, 2.45) is 0 Å². The van der Waals surface area contributed by atoms with Crippen LogP contribution in [0.4, 0.5) is 0 Å². The topological polar surface area (TPSA) is 0 Å². The molecular formula is C10H16. The van der Waals surface area contributed by atoms with Gasteiger partial charge in [-0.1, -0.05) is 56.1 Å². The Kier molecular flexibility index (Phi) is 4.65. The van der Waals surface area contributed by atoms with E-state index in [-0.39, 0.29) is 6.40 Å². The number of benzene rings is 1. The van der Waals surface area contributed by atoms with E-state index in [0.29, 0.717) is 0 Å². The van der Waals surface area contributed by atoms with Crippen molar-refractivity contribution in [1.82, 2.24) is 0 Å². The molecule has 0 aliphatic rings. The lowest BCUT2D eigenvalue weighted by Gasteiger charge is -1.82. The van der Waals surface area contributed by atoms with Gasteiger partial charge in [0.15, 0.2) is 0 Å². The lowest BCUT2D eigenvalue weighted by molar-refractivity contribution is 1.09. The van der Waals surface area contributed by atoms with Gasteiger partial charge in [0.25, 0.3) is 0 Å². The van der Waals surface area contributed by atoms with Crippen LogP contribution in [0.5, 0.6) is 0 Å². The quantitative estimate of drug-likeness (QED) is 0.515. The fourth-order valence-electron chi connectivity index (χ4n) is 0.534. The predicted octanol–water partition coefficient (Wildman–Crippen LogP) is 3.41. The monoisotopic (exact) mass is 138 g/mol. The molecule has 0 saturated heterocycles. The van der Waals surface area contributed by atoms with Crippen LogP contribution in [-0.4, -0.2) is 0 Å². The molecule has 1 aromatic carbocycles. The number of hydrogen-bond acceptors (Lipinski definition) is 0. The minimum absolute atomic E-state index is 0.0833. The molecule has 0 heteroatoms. The Morgan fingerprint density at radius 3 is 1.80 bits per heavy atom. The van der Waals surface area contributed by atoms with Crippen LogP contribution in [-0.2, 0) is 0 Å². The van der Waals surface area contributed by atoms with Gasteiger partial charge in [-0.2, -0.15) is 0 Å². The largest absolute Gasteiger partial charge is 0.0656 e. The molecule has 0 aromatic heterocycles. The second-order valence-corrected chi connectivity index (χ2v) is 2.23. The van der Waals surface area contributed by atoms with E-state index in [1.807, 2.05) is 32.0 Å². The molecule has 0 fully saturated rings. The highest BCUT2D eigenvalue weighted by molar-refractivity contribution is 5.11. The van der Waals surface area contributed by atoms with Crippen molar-refractivity contribution >= 4 is 0 Å². The van der Waals surface area contributed by atoms with Crippen molar-refractivity contribution in [2.45, 2.75) is 27.2 Å². The van der Waals surface area contributed by atoms with E-state index in [2.05, 4.69) is 19.1 Å². The maximum absolute atomic E-state index is 6.58. The predicted molar refractivity (Wildman–Crippen MR) is 47.1 cm³/mol. The summed E-state index contributed by atoms with van der Waals surface area (Å²) in [5.74, 6) is 0. The van der Waals surface area contributed by atoms with E-state index in [1.165, 1.54) is 5.56 Å². The van der Waals surface area contributed by atoms with Crippen LogP contribution in [0.1, 0.15) is 27.2 Å². The molecular weight excluding hydrogens is 120 g/mol. The van der Waals surface area contributed by atoms with Gasteiger partial charge in [-0.3, -0.25) is 0 Å². The fraction of sp³-hybridized carbons (Fsp3) is 0.400. The van der Waals surface area contributed by atoms with Crippen molar-refractivity contribution in [3.63, 3.8) is 0 Å². The molecule has 0 atom stereocenters. The summed E-state index contributed by atoms with van der Waals surface area (Å²) in [6.45, 7) is 5.75. The Morgan fingerprint density at radius 2 is 1.60 bits per heavy atom. The summed E-state index contributed by atoms with van der Waals surface area (Å²) in [6, 6.07) is 10.3. The lowest BCUT2D eigenvalue weighted by atomic mass is 10.2. The first-order valence-corrected chi connectivity index (χ1v) is 3.57. The third kappa shape index (κ3) is 5.36. The van der Waals surface area contributed by atoms with Gasteiger partial charge >= 0.3 is 0 Å². The molecule has 10 heavy (non-hydrogen) atoms. The summed E-state index contributed by atoms with van der Waals surface area (Å²) in [5, 5.41) is 0. The minimum atomic E-state index is 0.0833. The second kappa shape index (κ2) is 6.34. The number of aryl methyl sites for hydroxylation is 1. The molecule has 0 amide bonds. The average molecular weight is 138 g/mol. The van der Waals surface area contributed by atoms with Gasteiger partial charge in [-0.05, 0) is 6.92 Å². The summed E-state index contributed by atoms with van der Waals surface area (Å²) < 4.78 is 6.58. The molecule has 0 bridgehead atoms. The molecule has 0 spiro atoms. The zero-order valence-corrected chi connectivity index (χ0v) is 6.96. The first-order valence-electron chi connectivity index (χ1n) is 4.14. The highest BCUT2D eigenvalue weighted by atomic mass is 13.8. The Morgan fingerprint density at radius 1 is 1.20 bits per heavy atom. The van der Waals surface area contributed by atoms with Crippen molar-refractivity contribution in [2.75, 3.05) is 0 Å². The summed E-state index contributed by atoms with van der Waals surface area (Å²) in [6.07, 6.45) is 0.0833. The molecule has 56 valence electrons. The summed E-state index contributed by atoms with van der Waals surface area (Å²) >= 11 is 0. The van der Waals surface area contributed by atoms with Gasteiger partial charge in [0.05, 0.1) is 0 Å². The molecule has 0 nitrogen and oxygen atoms in total. The van der Waals surface area contributed by atoms with Gasteiger partial charge in [-0.15, -0.1) is 0 Å². The smallest absolute Gasteiger partial charge is 0.0261 e. The zero-order chi connectivity index (χ0) is 8.69. The highest BCUT2D eigenvalue weighted by Gasteiger charge is 1.72. The van der Waals surface area contributed by atoms with Gasteiger partial charge in [0.1, 0.15) is 0 Å². The third-order valence-corrected chi connectivity index (χ3v) is 0.940. The van der Waals surface area contributed by atoms with Crippen molar-refractivity contribution in [3.05, 3.63) is 35.9 Å². The van der Waals surface area contributed by atoms with Crippen LogP contribution in [0.2, 0.25) is 0 Å². The molecule has 0 aliphatic carbocycles. The van der Waals surface area contributed by atoms with E-state index >= 15 is 0 Å². The van der Waals surface area contributed by atoms with Crippen LogP contribution >= 0.6 is 0 Å². The van der Waals surface area contributed by atoms with Crippen molar-refractivity contribution in [1.29, 1.82) is 0 Å². The summed E-state index contributed by atoms with van der Waals surface area (Å²) in [7, 11) is 0. The fourth-order valence-corrected chi connectivity index (χ4v) is 0.534. The Bertz CT molecular complexity index is 165. The van der Waals surface area contributed by atoms with Crippen molar-refractivity contribution in [3.8, 4) is 0 Å². The molecule has 0 aliphatic heterocycles. The van der Waals surface area contributed by atoms with E-state index in [4.69, 9.17) is 1.37 Å².